The Morgan fingerprint density at radius 2 is 2.31 bits per heavy atom. The van der Waals surface area contributed by atoms with Crippen LogP contribution in [-0.2, 0) is 6.54 Å². The summed E-state index contributed by atoms with van der Waals surface area (Å²) in [5.41, 5.74) is 5.55. The Balaban J connectivity index is 2.47. The molecule has 0 saturated carbocycles. The lowest BCUT2D eigenvalue weighted by molar-refractivity contribution is 0.435. The van der Waals surface area contributed by atoms with Crippen LogP contribution >= 0.6 is 12.2 Å². The summed E-state index contributed by atoms with van der Waals surface area (Å²) < 4.78 is 2.03. The molecule has 0 aromatic carbocycles. The van der Waals surface area contributed by atoms with Crippen molar-refractivity contribution < 1.29 is 0 Å². The maximum Gasteiger partial charge on any atom is 0.0945 e. The molecule has 0 spiro atoms. The molecule has 1 aromatic heterocycles. The predicted molar refractivity (Wildman–Crippen MR) is 57.4 cm³/mol. The van der Waals surface area contributed by atoms with Crippen molar-refractivity contribution in [3.8, 4) is 0 Å². The van der Waals surface area contributed by atoms with Crippen LogP contribution in [0.25, 0.3) is 0 Å². The minimum atomic E-state index is -0.0698. The van der Waals surface area contributed by atoms with E-state index in [0.717, 1.165) is 13.0 Å². The van der Waals surface area contributed by atoms with E-state index in [9.17, 15) is 0 Å². The van der Waals surface area contributed by atoms with Crippen LogP contribution in [-0.4, -0.2) is 14.5 Å². The van der Waals surface area contributed by atoms with Crippen molar-refractivity contribution in [2.24, 2.45) is 11.1 Å². The van der Waals surface area contributed by atoms with Crippen LogP contribution in [0.2, 0.25) is 0 Å². The van der Waals surface area contributed by atoms with E-state index in [2.05, 4.69) is 18.8 Å². The van der Waals surface area contributed by atoms with Gasteiger partial charge in [-0.25, -0.2) is 4.98 Å². The van der Waals surface area contributed by atoms with Crippen molar-refractivity contribution in [3.05, 3.63) is 18.7 Å². The first-order chi connectivity index (χ1) is 6.02. The Morgan fingerprint density at radius 1 is 1.62 bits per heavy atom. The largest absolute Gasteiger partial charge is 0.393 e. The van der Waals surface area contributed by atoms with Gasteiger partial charge in [0.15, 0.2) is 0 Å². The average molecular weight is 197 g/mol. The number of rotatable bonds is 4. The molecule has 0 bridgehead atoms. The van der Waals surface area contributed by atoms with Gasteiger partial charge in [0.1, 0.15) is 0 Å². The van der Waals surface area contributed by atoms with Crippen LogP contribution < -0.4 is 5.73 Å². The smallest absolute Gasteiger partial charge is 0.0945 e. The molecule has 0 radical (unpaired) electrons. The third-order valence-corrected chi connectivity index (χ3v) is 2.77. The summed E-state index contributed by atoms with van der Waals surface area (Å²) in [7, 11) is 0. The van der Waals surface area contributed by atoms with Crippen LogP contribution in [0.3, 0.4) is 0 Å². The molecule has 1 aromatic rings. The molecule has 72 valence electrons. The number of aromatic nitrogens is 2. The van der Waals surface area contributed by atoms with Crippen LogP contribution in [0, 0.1) is 5.41 Å². The lowest BCUT2D eigenvalue weighted by Gasteiger charge is -2.22. The zero-order valence-electron chi connectivity index (χ0n) is 8.03. The summed E-state index contributed by atoms with van der Waals surface area (Å²) >= 11 is 4.98. The third kappa shape index (κ3) is 2.81. The highest BCUT2D eigenvalue weighted by molar-refractivity contribution is 7.80. The highest BCUT2D eigenvalue weighted by atomic mass is 32.1. The van der Waals surface area contributed by atoms with E-state index in [-0.39, 0.29) is 5.41 Å². The lowest BCUT2D eigenvalue weighted by atomic mass is 9.89. The first-order valence-corrected chi connectivity index (χ1v) is 4.69. The molecule has 0 unspecified atom stereocenters. The number of aryl methyl sites for hydroxylation is 1. The fourth-order valence-electron chi connectivity index (χ4n) is 0.951. The Labute approximate surface area is 84.0 Å². The van der Waals surface area contributed by atoms with Crippen molar-refractivity contribution in [1.29, 1.82) is 0 Å². The summed E-state index contributed by atoms with van der Waals surface area (Å²) in [6, 6.07) is 0. The standard InChI is InChI=1S/C9H15N3S/c1-9(2,8(10)13)3-5-12-6-4-11-7-12/h4,6-7H,3,5H2,1-2H3,(H2,10,13). The molecule has 0 aliphatic carbocycles. The minimum absolute atomic E-state index is 0.0698. The van der Waals surface area contributed by atoms with Crippen molar-refractivity contribution in [2.75, 3.05) is 0 Å². The molecule has 0 amide bonds. The van der Waals surface area contributed by atoms with Gasteiger partial charge in [-0.3, -0.25) is 0 Å². The van der Waals surface area contributed by atoms with Crippen molar-refractivity contribution in [2.45, 2.75) is 26.8 Å². The van der Waals surface area contributed by atoms with E-state index < -0.39 is 0 Å². The van der Waals surface area contributed by atoms with Crippen LogP contribution in [0.4, 0.5) is 0 Å². The van der Waals surface area contributed by atoms with E-state index in [4.69, 9.17) is 18.0 Å². The maximum atomic E-state index is 5.62. The highest BCUT2D eigenvalue weighted by Gasteiger charge is 2.20. The van der Waals surface area contributed by atoms with Crippen LogP contribution in [0.15, 0.2) is 18.7 Å². The highest BCUT2D eigenvalue weighted by Crippen LogP contribution is 2.21. The molecule has 4 heteroatoms. The molecule has 0 atom stereocenters. The van der Waals surface area contributed by atoms with Gasteiger partial charge in [-0.1, -0.05) is 26.1 Å². The quantitative estimate of drug-likeness (QED) is 0.745. The van der Waals surface area contributed by atoms with E-state index in [1.165, 1.54) is 0 Å². The molecule has 13 heavy (non-hydrogen) atoms. The fourth-order valence-corrected chi connectivity index (χ4v) is 1.05. The number of nitrogens with two attached hydrogens (primary N) is 1. The second-order valence-electron chi connectivity index (χ2n) is 3.80. The molecular weight excluding hydrogens is 182 g/mol. The first kappa shape index (κ1) is 10.2. The molecule has 0 fully saturated rings. The third-order valence-electron chi connectivity index (χ3n) is 2.22. The fraction of sp³-hybridized carbons (Fsp3) is 0.556. The summed E-state index contributed by atoms with van der Waals surface area (Å²) in [5, 5.41) is 0. The number of hydrogen-bond donors (Lipinski definition) is 1. The van der Waals surface area contributed by atoms with E-state index in [1.54, 1.807) is 12.5 Å². The summed E-state index contributed by atoms with van der Waals surface area (Å²) in [4.78, 5) is 4.54. The van der Waals surface area contributed by atoms with E-state index >= 15 is 0 Å². The van der Waals surface area contributed by atoms with E-state index in [0.29, 0.717) is 4.99 Å². The van der Waals surface area contributed by atoms with Crippen LogP contribution in [0.1, 0.15) is 20.3 Å². The van der Waals surface area contributed by atoms with Gasteiger partial charge in [-0.2, -0.15) is 0 Å². The van der Waals surface area contributed by atoms with Crippen molar-refractivity contribution in [1.82, 2.24) is 9.55 Å². The summed E-state index contributed by atoms with van der Waals surface area (Å²) in [6.07, 6.45) is 6.46. The molecule has 1 heterocycles. The average Bonchev–Trinajstić information content (AvgIpc) is 2.52. The maximum absolute atomic E-state index is 5.62. The zero-order valence-corrected chi connectivity index (χ0v) is 8.84. The SMILES string of the molecule is CC(C)(CCn1ccnc1)C(N)=S. The van der Waals surface area contributed by atoms with Gasteiger partial charge in [0.25, 0.3) is 0 Å². The molecule has 0 aliphatic rings. The van der Waals surface area contributed by atoms with Crippen LogP contribution in [0.5, 0.6) is 0 Å². The molecule has 1 rings (SSSR count). The summed E-state index contributed by atoms with van der Waals surface area (Å²) in [6.45, 7) is 5.03. The Bertz CT molecular complexity index is 277. The lowest BCUT2D eigenvalue weighted by Crippen LogP contribution is -2.30. The van der Waals surface area contributed by atoms with Gasteiger partial charge in [0.05, 0.1) is 11.3 Å². The monoisotopic (exact) mass is 197 g/mol. The van der Waals surface area contributed by atoms with E-state index in [1.807, 2.05) is 10.8 Å². The molecule has 0 saturated heterocycles. The topological polar surface area (TPSA) is 43.8 Å². The zero-order chi connectivity index (χ0) is 9.90. The first-order valence-electron chi connectivity index (χ1n) is 4.28. The van der Waals surface area contributed by atoms with Gasteiger partial charge in [0.2, 0.25) is 0 Å². The second kappa shape index (κ2) is 3.87. The number of imidazole rings is 1. The number of hydrogen-bond acceptors (Lipinski definition) is 2. The van der Waals surface area contributed by atoms with Gasteiger partial charge >= 0.3 is 0 Å². The molecular formula is C9H15N3S. The molecule has 0 aliphatic heterocycles. The Kier molecular flexibility index (Phi) is 3.03. The van der Waals surface area contributed by atoms with Gasteiger partial charge < -0.3 is 10.3 Å². The van der Waals surface area contributed by atoms with Crippen molar-refractivity contribution >= 4 is 17.2 Å². The second-order valence-corrected chi connectivity index (χ2v) is 4.24. The normalized spacial score (nSPS) is 11.5. The molecule has 3 nitrogen and oxygen atoms in total. The van der Waals surface area contributed by atoms with Crippen molar-refractivity contribution in [3.63, 3.8) is 0 Å². The number of nitrogens with zero attached hydrogens (tertiary/aromatic N) is 2. The Morgan fingerprint density at radius 3 is 2.77 bits per heavy atom. The minimum Gasteiger partial charge on any atom is -0.393 e. The molecule has 2 N–H and O–H groups in total. The van der Waals surface area contributed by atoms with Gasteiger partial charge in [-0.05, 0) is 6.42 Å². The van der Waals surface area contributed by atoms with Gasteiger partial charge in [0, 0.05) is 24.4 Å². The Hall–Kier alpha value is -0.900. The number of thiocarbonyl (C=S) groups is 1. The predicted octanol–water partition coefficient (Wildman–Crippen LogP) is 1.59. The summed E-state index contributed by atoms with van der Waals surface area (Å²) in [5.74, 6) is 0. The van der Waals surface area contributed by atoms with Gasteiger partial charge in [-0.15, -0.1) is 0 Å².